The molecule has 0 radical (unpaired) electrons. The van der Waals surface area contributed by atoms with Gasteiger partial charge in [-0.05, 0) is 47.5 Å². The van der Waals surface area contributed by atoms with E-state index in [4.69, 9.17) is 16.0 Å². The molecule has 1 amide bonds. The second-order valence-electron chi connectivity index (χ2n) is 6.09. The largest absolute Gasteiger partial charge is 0.463 e. The van der Waals surface area contributed by atoms with E-state index in [1.54, 1.807) is 12.1 Å². The smallest absolute Gasteiger partial charge is 0.262 e. The van der Waals surface area contributed by atoms with E-state index < -0.39 is 11.3 Å². The molecule has 0 aliphatic rings. The SMILES string of the molecule is Cc1cc2occ(C(=O)Nc3ccc4ccccc4c3)c(=O)c2cc1Cl. The number of benzene rings is 3. The molecule has 5 heteroatoms. The van der Waals surface area contributed by atoms with Crippen LogP contribution in [0.15, 0.2) is 70.1 Å². The minimum atomic E-state index is -0.521. The van der Waals surface area contributed by atoms with Gasteiger partial charge in [0, 0.05) is 10.7 Å². The molecule has 0 unspecified atom stereocenters. The third kappa shape index (κ3) is 2.85. The number of amides is 1. The summed E-state index contributed by atoms with van der Waals surface area (Å²) >= 11 is 6.10. The van der Waals surface area contributed by atoms with Gasteiger partial charge in [-0.25, -0.2) is 0 Å². The van der Waals surface area contributed by atoms with Crippen molar-refractivity contribution in [3.8, 4) is 0 Å². The van der Waals surface area contributed by atoms with Crippen molar-refractivity contribution >= 4 is 44.9 Å². The van der Waals surface area contributed by atoms with Crippen molar-refractivity contribution in [3.63, 3.8) is 0 Å². The van der Waals surface area contributed by atoms with Crippen molar-refractivity contribution in [2.24, 2.45) is 0 Å². The van der Waals surface area contributed by atoms with Crippen LogP contribution in [-0.2, 0) is 0 Å². The second-order valence-corrected chi connectivity index (χ2v) is 6.50. The number of carbonyl (C=O) groups excluding carboxylic acids is 1. The summed E-state index contributed by atoms with van der Waals surface area (Å²) in [7, 11) is 0. The van der Waals surface area contributed by atoms with Crippen LogP contribution in [-0.4, -0.2) is 5.91 Å². The molecule has 0 atom stereocenters. The van der Waals surface area contributed by atoms with Crippen LogP contribution in [0, 0.1) is 6.92 Å². The Kier molecular flexibility index (Phi) is 3.98. The summed E-state index contributed by atoms with van der Waals surface area (Å²) in [5.41, 5.74) is 1.34. The highest BCUT2D eigenvalue weighted by atomic mass is 35.5. The zero-order valence-electron chi connectivity index (χ0n) is 13.9. The molecule has 4 rings (SSSR count). The number of fused-ring (bicyclic) bond motifs is 2. The van der Waals surface area contributed by atoms with Crippen LogP contribution in [0.4, 0.5) is 5.69 Å². The summed E-state index contributed by atoms with van der Waals surface area (Å²) < 4.78 is 5.47. The van der Waals surface area contributed by atoms with E-state index in [0.717, 1.165) is 16.3 Å². The van der Waals surface area contributed by atoms with Crippen LogP contribution < -0.4 is 10.7 Å². The van der Waals surface area contributed by atoms with Gasteiger partial charge in [-0.3, -0.25) is 9.59 Å². The van der Waals surface area contributed by atoms with Crippen LogP contribution in [0.2, 0.25) is 5.02 Å². The van der Waals surface area contributed by atoms with Gasteiger partial charge < -0.3 is 9.73 Å². The maximum atomic E-state index is 12.7. The average molecular weight is 364 g/mol. The van der Waals surface area contributed by atoms with Crippen molar-refractivity contribution in [3.05, 3.63) is 87.2 Å². The molecule has 0 saturated carbocycles. The van der Waals surface area contributed by atoms with Crippen LogP contribution in [0.3, 0.4) is 0 Å². The number of rotatable bonds is 2. The first kappa shape index (κ1) is 16.4. The number of carbonyl (C=O) groups is 1. The quantitative estimate of drug-likeness (QED) is 0.535. The van der Waals surface area contributed by atoms with Gasteiger partial charge in [0.05, 0.1) is 5.39 Å². The molecule has 0 aliphatic heterocycles. The summed E-state index contributed by atoms with van der Waals surface area (Å²) in [5, 5.41) is 5.56. The van der Waals surface area contributed by atoms with Gasteiger partial charge in [0.1, 0.15) is 17.4 Å². The van der Waals surface area contributed by atoms with Crippen molar-refractivity contribution < 1.29 is 9.21 Å². The molecule has 26 heavy (non-hydrogen) atoms. The zero-order chi connectivity index (χ0) is 18.3. The fourth-order valence-electron chi connectivity index (χ4n) is 2.87. The topological polar surface area (TPSA) is 59.3 Å². The molecule has 0 bridgehead atoms. The maximum absolute atomic E-state index is 12.7. The van der Waals surface area contributed by atoms with Gasteiger partial charge in [0.25, 0.3) is 5.91 Å². The predicted molar refractivity (Wildman–Crippen MR) is 104 cm³/mol. The maximum Gasteiger partial charge on any atom is 0.262 e. The lowest BCUT2D eigenvalue weighted by Gasteiger charge is -2.07. The van der Waals surface area contributed by atoms with Gasteiger partial charge >= 0.3 is 0 Å². The summed E-state index contributed by atoms with van der Waals surface area (Å²) in [6, 6.07) is 16.6. The van der Waals surface area contributed by atoms with Gasteiger partial charge in [0.2, 0.25) is 5.43 Å². The lowest BCUT2D eigenvalue weighted by molar-refractivity contribution is 0.102. The van der Waals surface area contributed by atoms with Crippen molar-refractivity contribution in [2.45, 2.75) is 6.92 Å². The minimum Gasteiger partial charge on any atom is -0.463 e. The van der Waals surface area contributed by atoms with Crippen molar-refractivity contribution in [1.29, 1.82) is 0 Å². The van der Waals surface area contributed by atoms with Gasteiger partial charge in [-0.15, -0.1) is 0 Å². The third-order valence-electron chi connectivity index (χ3n) is 4.31. The standard InChI is InChI=1S/C21H14ClNO3/c1-12-8-19-16(10-18(12)22)20(24)17(11-26-19)21(25)23-15-7-6-13-4-2-3-5-14(13)9-15/h2-11H,1H3,(H,23,25). The lowest BCUT2D eigenvalue weighted by Crippen LogP contribution is -2.21. The average Bonchev–Trinajstić information content (AvgIpc) is 2.63. The Morgan fingerprint density at radius 2 is 1.81 bits per heavy atom. The molecule has 0 spiro atoms. The van der Waals surface area contributed by atoms with Crippen molar-refractivity contribution in [2.75, 3.05) is 5.32 Å². The fourth-order valence-corrected chi connectivity index (χ4v) is 3.04. The molecule has 4 aromatic rings. The highest BCUT2D eigenvalue weighted by Gasteiger charge is 2.16. The molecule has 0 fully saturated rings. The minimum absolute atomic E-state index is 0.0643. The highest BCUT2D eigenvalue weighted by molar-refractivity contribution is 6.32. The molecule has 0 aliphatic carbocycles. The van der Waals surface area contributed by atoms with Crippen LogP contribution in [0.5, 0.6) is 0 Å². The number of anilines is 1. The molecule has 1 N–H and O–H groups in total. The molecule has 1 heterocycles. The van der Waals surface area contributed by atoms with E-state index in [9.17, 15) is 9.59 Å². The van der Waals surface area contributed by atoms with Crippen LogP contribution in [0.25, 0.3) is 21.7 Å². The predicted octanol–water partition coefficient (Wildman–Crippen LogP) is 5.16. The Labute approximate surface area is 154 Å². The number of halogens is 1. The summed E-state index contributed by atoms with van der Waals surface area (Å²) in [6.07, 6.45) is 1.19. The van der Waals surface area contributed by atoms with E-state index in [1.807, 2.05) is 43.3 Å². The lowest BCUT2D eigenvalue weighted by atomic mass is 10.1. The highest BCUT2D eigenvalue weighted by Crippen LogP contribution is 2.23. The monoisotopic (exact) mass is 363 g/mol. The third-order valence-corrected chi connectivity index (χ3v) is 4.71. The summed E-state index contributed by atoms with van der Waals surface area (Å²) in [4.78, 5) is 25.2. The Morgan fingerprint density at radius 3 is 2.62 bits per heavy atom. The first-order valence-corrected chi connectivity index (χ1v) is 8.42. The molecular formula is C21H14ClNO3. The van der Waals surface area contributed by atoms with Gasteiger partial charge in [-0.2, -0.15) is 0 Å². The van der Waals surface area contributed by atoms with E-state index in [1.165, 1.54) is 12.3 Å². The summed E-state index contributed by atoms with van der Waals surface area (Å²) in [5.74, 6) is -0.521. The molecule has 128 valence electrons. The van der Waals surface area contributed by atoms with E-state index in [2.05, 4.69) is 5.32 Å². The number of hydrogen-bond donors (Lipinski definition) is 1. The van der Waals surface area contributed by atoms with E-state index in [0.29, 0.717) is 16.3 Å². The Morgan fingerprint density at radius 1 is 1.04 bits per heavy atom. The van der Waals surface area contributed by atoms with Crippen LogP contribution >= 0.6 is 11.6 Å². The first-order chi connectivity index (χ1) is 12.5. The van der Waals surface area contributed by atoms with Crippen molar-refractivity contribution in [1.82, 2.24) is 0 Å². The second kappa shape index (κ2) is 6.32. The number of nitrogens with one attached hydrogen (secondary N) is 1. The molecule has 3 aromatic carbocycles. The molecule has 0 saturated heterocycles. The van der Waals surface area contributed by atoms with Gasteiger partial charge in [-0.1, -0.05) is 41.9 Å². The Balaban J connectivity index is 1.72. The first-order valence-electron chi connectivity index (χ1n) is 8.05. The zero-order valence-corrected chi connectivity index (χ0v) is 14.6. The number of aryl methyl sites for hydroxylation is 1. The molecule has 4 nitrogen and oxygen atoms in total. The Bertz CT molecular complexity index is 1230. The summed E-state index contributed by atoms with van der Waals surface area (Å²) in [6.45, 7) is 1.82. The fraction of sp³-hybridized carbons (Fsp3) is 0.0476. The molecule has 1 aromatic heterocycles. The van der Waals surface area contributed by atoms with Crippen LogP contribution in [0.1, 0.15) is 15.9 Å². The normalized spacial score (nSPS) is 11.0. The van der Waals surface area contributed by atoms with E-state index in [-0.39, 0.29) is 10.9 Å². The van der Waals surface area contributed by atoms with Gasteiger partial charge in [0.15, 0.2) is 0 Å². The van der Waals surface area contributed by atoms with E-state index >= 15 is 0 Å². The number of hydrogen-bond acceptors (Lipinski definition) is 3. The Hall–Kier alpha value is -3.11. The molecular weight excluding hydrogens is 350 g/mol.